The van der Waals surface area contributed by atoms with Gasteiger partial charge in [0.1, 0.15) is 0 Å². The molecular formula is C4H9Cl5OTa. The van der Waals surface area contributed by atoms with Crippen molar-refractivity contribution in [3.05, 3.63) is 0 Å². The van der Waals surface area contributed by atoms with Crippen molar-refractivity contribution in [3.63, 3.8) is 0 Å². The van der Waals surface area contributed by atoms with E-state index in [9.17, 15) is 0 Å². The van der Waals surface area contributed by atoms with Gasteiger partial charge in [-0.15, -0.1) is 0 Å². The first-order valence-electron chi connectivity index (χ1n) is 3.02. The van der Waals surface area contributed by atoms with Crippen molar-refractivity contribution in [1.29, 1.82) is 0 Å². The predicted molar refractivity (Wildman–Crippen MR) is 50.1 cm³/mol. The molecule has 0 atom stereocenters. The number of hydrogen-bond acceptors (Lipinski definition) is 1. The molecular weight excluding hydrogens is 422 g/mol. The molecule has 0 radical (unpaired) electrons. The Morgan fingerprint density at radius 1 is 1.09 bits per heavy atom. The normalized spacial score (nSPS) is 19.1. The molecule has 0 aliphatic rings. The van der Waals surface area contributed by atoms with Crippen LogP contribution in [0.1, 0.15) is 19.8 Å². The number of hydrogen-bond donors (Lipinski definition) is 0. The summed E-state index contributed by atoms with van der Waals surface area (Å²) in [4.78, 5) is 0. The third-order valence-electron chi connectivity index (χ3n) is 0.833. The van der Waals surface area contributed by atoms with Crippen molar-refractivity contribution in [1.82, 2.24) is 0 Å². The van der Waals surface area contributed by atoms with E-state index in [4.69, 9.17) is 49.2 Å². The quantitative estimate of drug-likeness (QED) is 0.586. The van der Waals surface area contributed by atoms with E-state index in [-0.39, 0.29) is 0 Å². The van der Waals surface area contributed by atoms with Gasteiger partial charge in [0.05, 0.1) is 0 Å². The maximum atomic E-state index is 5.53. The zero-order valence-corrected chi connectivity index (χ0v) is 12.9. The molecule has 0 spiro atoms. The molecule has 0 aromatic carbocycles. The Bertz CT molecular complexity index is 135. The van der Waals surface area contributed by atoms with Gasteiger partial charge in [0.25, 0.3) is 0 Å². The Morgan fingerprint density at radius 3 is 1.82 bits per heavy atom. The average molecular weight is 431 g/mol. The van der Waals surface area contributed by atoms with Crippen LogP contribution < -0.4 is 0 Å². The van der Waals surface area contributed by atoms with E-state index in [1.165, 1.54) is 0 Å². The van der Waals surface area contributed by atoms with Crippen LogP contribution in [0, 0.1) is 0 Å². The van der Waals surface area contributed by atoms with Gasteiger partial charge in [0, 0.05) is 0 Å². The van der Waals surface area contributed by atoms with E-state index in [1.54, 1.807) is 0 Å². The Kier molecular flexibility index (Phi) is 4.04. The standard InChI is InChI=1S/C4H9O.5ClH.Ta/c1-2-3-4-5;;;;;;/h2-4H2,1H3;5*1H;/q-1;;;;;;+6/p-5. The monoisotopic (exact) mass is 429 g/mol. The summed E-state index contributed by atoms with van der Waals surface area (Å²) in [6.45, 7) is 2.28. The first kappa shape index (κ1) is 13.2. The number of halogens is 5. The number of unbranched alkanes of at least 4 members (excludes halogenated alkanes) is 1. The van der Waals surface area contributed by atoms with E-state index in [1.807, 2.05) is 6.92 Å². The van der Waals surface area contributed by atoms with Gasteiger partial charge >= 0.3 is 85.1 Å². The maximum absolute atomic E-state index is 5.68. The van der Waals surface area contributed by atoms with Gasteiger partial charge in [-0.05, 0) is 0 Å². The van der Waals surface area contributed by atoms with Crippen LogP contribution in [0.25, 0.3) is 0 Å². The van der Waals surface area contributed by atoms with Crippen molar-refractivity contribution >= 4 is 45.9 Å². The fourth-order valence-electron chi connectivity index (χ4n) is 0.381. The molecule has 0 saturated carbocycles. The van der Waals surface area contributed by atoms with Gasteiger partial charge in [-0.1, -0.05) is 0 Å². The van der Waals surface area contributed by atoms with E-state index in [0.717, 1.165) is 12.8 Å². The van der Waals surface area contributed by atoms with Crippen LogP contribution in [-0.2, 0) is 12.7 Å². The van der Waals surface area contributed by atoms with Crippen molar-refractivity contribution in [3.8, 4) is 0 Å². The second-order valence-electron chi connectivity index (χ2n) is 2.17. The van der Waals surface area contributed by atoms with Crippen LogP contribution in [0.2, 0.25) is 0 Å². The third-order valence-corrected chi connectivity index (χ3v) is 7.24. The Hall–Kier alpha value is 2.15. The second kappa shape index (κ2) is 3.38. The molecule has 0 aliphatic heterocycles. The SMILES string of the molecule is CCCC[O][Ta]([Cl])([Cl])([Cl])([Cl])[Cl]. The molecule has 0 aromatic heterocycles. The van der Waals surface area contributed by atoms with Crippen LogP contribution in [0.5, 0.6) is 0 Å². The third kappa shape index (κ3) is 12.2. The van der Waals surface area contributed by atoms with Crippen LogP contribution in [0.4, 0.5) is 0 Å². The van der Waals surface area contributed by atoms with E-state index in [2.05, 4.69) is 0 Å². The molecule has 1 nitrogen and oxygen atoms in total. The van der Waals surface area contributed by atoms with Gasteiger partial charge < -0.3 is 0 Å². The minimum absolute atomic E-state index is 0.291. The molecule has 0 fully saturated rings. The zero-order valence-electron chi connectivity index (χ0n) is 5.87. The summed E-state index contributed by atoms with van der Waals surface area (Å²) in [5.74, 6) is 0. The molecule has 0 unspecified atom stereocenters. The topological polar surface area (TPSA) is 9.23 Å². The van der Waals surface area contributed by atoms with Crippen LogP contribution >= 0.6 is 45.9 Å². The van der Waals surface area contributed by atoms with Gasteiger partial charge in [-0.3, -0.25) is 0 Å². The van der Waals surface area contributed by atoms with Gasteiger partial charge in [0.15, 0.2) is 0 Å². The molecule has 71 valence electrons. The van der Waals surface area contributed by atoms with Gasteiger partial charge in [-0.2, -0.15) is 0 Å². The van der Waals surface area contributed by atoms with E-state index < -0.39 is 9.49 Å². The summed E-state index contributed by atoms with van der Waals surface area (Å²) in [7, 11) is 21.9. The molecule has 0 heterocycles. The van der Waals surface area contributed by atoms with Crippen molar-refractivity contribution in [2.24, 2.45) is 0 Å². The van der Waals surface area contributed by atoms with Crippen molar-refractivity contribution in [2.45, 2.75) is 19.8 Å². The summed E-state index contributed by atoms with van der Waals surface area (Å²) in [6.07, 6.45) is 1.71. The van der Waals surface area contributed by atoms with Crippen LogP contribution in [0.15, 0.2) is 0 Å². The Morgan fingerprint density at radius 2 is 1.55 bits per heavy atom. The Balaban J connectivity index is 3.95. The fraction of sp³-hybridized carbons (Fsp3) is 1.00. The molecule has 0 rings (SSSR count). The summed E-state index contributed by atoms with van der Waals surface area (Å²) < 4.78 is 4.88. The molecule has 0 bridgehead atoms. The number of rotatable bonds is 4. The van der Waals surface area contributed by atoms with E-state index >= 15 is 0 Å². The zero-order chi connectivity index (χ0) is 9.24. The summed E-state index contributed by atoms with van der Waals surface area (Å²) in [5.41, 5.74) is 0. The predicted octanol–water partition coefficient (Wildman–Crippen LogP) is 4.71. The Labute approximate surface area is 84.2 Å². The summed E-state index contributed by atoms with van der Waals surface area (Å²) >= 11 is 0. The summed E-state index contributed by atoms with van der Waals surface area (Å²) in [6, 6.07) is 0. The van der Waals surface area contributed by atoms with Gasteiger partial charge in [-0.25, -0.2) is 0 Å². The molecule has 11 heavy (non-hydrogen) atoms. The van der Waals surface area contributed by atoms with Crippen molar-refractivity contribution in [2.75, 3.05) is 6.61 Å². The average Bonchev–Trinajstić information content (AvgIpc) is 1.59. The van der Waals surface area contributed by atoms with Gasteiger partial charge in [0.2, 0.25) is 0 Å². The minimum atomic E-state index is -5.68. The van der Waals surface area contributed by atoms with Crippen LogP contribution in [-0.4, -0.2) is 6.61 Å². The first-order chi connectivity index (χ1) is 4.54. The van der Waals surface area contributed by atoms with E-state index in [0.29, 0.717) is 6.61 Å². The molecule has 0 amide bonds. The molecule has 0 N–H and O–H groups in total. The molecule has 0 saturated heterocycles. The first-order valence-corrected chi connectivity index (χ1v) is 24.2. The molecule has 0 aliphatic carbocycles. The fourth-order valence-corrected chi connectivity index (χ4v) is 4.91. The molecule has 0 aromatic rings. The summed E-state index contributed by atoms with van der Waals surface area (Å²) in [5, 5.41) is 0. The van der Waals surface area contributed by atoms with Crippen molar-refractivity contribution < 1.29 is 12.7 Å². The molecule has 7 heteroatoms. The second-order valence-corrected chi connectivity index (χ2v) is 57.7. The van der Waals surface area contributed by atoms with Crippen LogP contribution in [0.3, 0.4) is 0 Å².